The Labute approximate surface area is 207 Å². The summed E-state index contributed by atoms with van der Waals surface area (Å²) < 4.78 is 0. The number of hydrazine groups is 1. The normalized spacial score (nSPS) is 14.5. The molecule has 0 saturated carbocycles. The Balaban J connectivity index is 1.50. The second-order valence-electron chi connectivity index (χ2n) is 9.29. The molecule has 0 radical (unpaired) electrons. The van der Waals surface area contributed by atoms with Crippen LogP contribution in [-0.2, 0) is 29.1 Å². The molecule has 0 aromatic heterocycles. The number of Topliss-reactive ketones (excluding diaryl/α,β-unsaturated/α-hetero) is 1. The number of rotatable bonds is 10. The lowest BCUT2D eigenvalue weighted by Crippen LogP contribution is -2.48. The van der Waals surface area contributed by atoms with E-state index in [9.17, 15) is 14.4 Å². The van der Waals surface area contributed by atoms with E-state index in [1.807, 2.05) is 48.0 Å². The zero-order chi connectivity index (χ0) is 24.9. The highest BCUT2D eigenvalue weighted by molar-refractivity contribution is 6.01. The number of hydrogen-bond acceptors (Lipinski definition) is 6. The number of nitrogens with zero attached hydrogens (tertiary/aromatic N) is 3. The first kappa shape index (κ1) is 24.9. The summed E-state index contributed by atoms with van der Waals surface area (Å²) in [5.41, 5.74) is 5.92. The Kier molecular flexibility index (Phi) is 7.83. The first-order valence-electron chi connectivity index (χ1n) is 12.3. The topological polar surface area (TPSA) is 85.0 Å². The molecule has 0 fully saturated rings. The maximum absolute atomic E-state index is 13.4. The van der Waals surface area contributed by atoms with Gasteiger partial charge in [0.2, 0.25) is 5.91 Å². The van der Waals surface area contributed by atoms with Gasteiger partial charge in [0.1, 0.15) is 0 Å². The molecule has 0 bridgehead atoms. The fraction of sp³-hybridized carbons (Fsp3) is 0.444. The summed E-state index contributed by atoms with van der Waals surface area (Å²) in [7, 11) is 1.79. The third-order valence-electron chi connectivity index (χ3n) is 6.83. The van der Waals surface area contributed by atoms with E-state index in [1.54, 1.807) is 12.1 Å². The number of likely N-dealkylation sites (N-methyl/N-ethyl adjacent to an activating group) is 2. The fourth-order valence-corrected chi connectivity index (χ4v) is 4.80. The Morgan fingerprint density at radius 3 is 2.40 bits per heavy atom. The predicted octanol–water partition coefficient (Wildman–Crippen LogP) is 2.05. The van der Waals surface area contributed by atoms with Crippen LogP contribution in [0.15, 0.2) is 36.4 Å². The highest BCUT2D eigenvalue weighted by atomic mass is 16.2. The van der Waals surface area contributed by atoms with Gasteiger partial charge in [-0.05, 0) is 54.3 Å². The number of carbonyl (C=O) groups excluding carboxylic acids is 3. The maximum Gasteiger partial charge on any atom is 0.256 e. The second-order valence-corrected chi connectivity index (χ2v) is 9.29. The number of hydrogen-bond donors (Lipinski definition) is 2. The lowest BCUT2D eigenvalue weighted by molar-refractivity contribution is -0.145. The quantitative estimate of drug-likeness (QED) is 0.510. The van der Waals surface area contributed by atoms with E-state index in [-0.39, 0.29) is 30.7 Å². The highest BCUT2D eigenvalue weighted by Gasteiger charge is 2.28. The van der Waals surface area contributed by atoms with Crippen LogP contribution in [0.5, 0.6) is 0 Å². The number of nitrogens with one attached hydrogen (secondary N) is 2. The van der Waals surface area contributed by atoms with Crippen LogP contribution in [-0.4, -0.2) is 67.4 Å². The Bertz CT molecular complexity index is 1090. The van der Waals surface area contributed by atoms with Crippen molar-refractivity contribution in [2.45, 2.75) is 39.8 Å². The minimum Gasteiger partial charge on any atom is -0.353 e. The molecule has 4 rings (SSSR count). The van der Waals surface area contributed by atoms with Gasteiger partial charge in [-0.25, -0.2) is 5.01 Å². The molecule has 0 unspecified atom stereocenters. The van der Waals surface area contributed by atoms with Crippen molar-refractivity contribution in [2.24, 2.45) is 0 Å². The molecular weight excluding hydrogens is 442 g/mol. The van der Waals surface area contributed by atoms with Gasteiger partial charge in [0.15, 0.2) is 5.78 Å². The molecule has 2 amide bonds. The van der Waals surface area contributed by atoms with Crippen LogP contribution >= 0.6 is 0 Å². The lowest BCUT2D eigenvalue weighted by atomic mass is 10.0. The summed E-state index contributed by atoms with van der Waals surface area (Å²) >= 11 is 0. The van der Waals surface area contributed by atoms with Crippen LogP contribution in [0.4, 0.5) is 5.69 Å². The summed E-state index contributed by atoms with van der Waals surface area (Å²) in [6, 6.07) is 12.1. The molecule has 2 aromatic carbocycles. The first-order chi connectivity index (χ1) is 16.9. The van der Waals surface area contributed by atoms with Crippen LogP contribution < -0.4 is 15.5 Å². The van der Waals surface area contributed by atoms with Gasteiger partial charge in [-0.3, -0.25) is 19.4 Å². The standard InChI is InChI=1S/C27H35N5O3/c1-4-28-11-12-29-26(34)17-31(24-14-20-9-10-25(33)23(20)13-19(24)2)18-27(35)30(3)32-15-21-7-5-6-8-22(21)16-32/h5-8,13-14,28H,4,9-12,15-18H2,1-3H3,(H,29,34). The molecule has 1 aliphatic heterocycles. The molecule has 2 aromatic rings. The third-order valence-corrected chi connectivity index (χ3v) is 6.83. The van der Waals surface area contributed by atoms with Crippen molar-refractivity contribution in [3.05, 3.63) is 64.2 Å². The molecule has 0 atom stereocenters. The number of ketones is 1. The summed E-state index contributed by atoms with van der Waals surface area (Å²) in [5.74, 6) is -0.0658. The number of benzene rings is 2. The molecule has 35 heavy (non-hydrogen) atoms. The van der Waals surface area contributed by atoms with Crippen molar-refractivity contribution in [1.29, 1.82) is 0 Å². The van der Waals surface area contributed by atoms with E-state index >= 15 is 0 Å². The van der Waals surface area contributed by atoms with E-state index in [2.05, 4.69) is 22.8 Å². The van der Waals surface area contributed by atoms with Gasteiger partial charge >= 0.3 is 0 Å². The molecule has 1 aliphatic carbocycles. The maximum atomic E-state index is 13.4. The molecule has 8 nitrogen and oxygen atoms in total. The van der Waals surface area contributed by atoms with Gasteiger partial charge in [0, 0.05) is 50.9 Å². The molecule has 2 aliphatic rings. The molecule has 0 saturated heterocycles. The summed E-state index contributed by atoms with van der Waals surface area (Å²) in [6.45, 7) is 7.52. The molecule has 0 spiro atoms. The molecule has 1 heterocycles. The van der Waals surface area contributed by atoms with Gasteiger partial charge in [-0.2, -0.15) is 0 Å². The first-order valence-corrected chi connectivity index (χ1v) is 12.3. The minimum absolute atomic E-state index is 0.0670. The lowest BCUT2D eigenvalue weighted by Gasteiger charge is -2.32. The van der Waals surface area contributed by atoms with Crippen molar-refractivity contribution in [3.8, 4) is 0 Å². The Morgan fingerprint density at radius 2 is 1.71 bits per heavy atom. The van der Waals surface area contributed by atoms with E-state index < -0.39 is 0 Å². The SMILES string of the molecule is CCNCCNC(=O)CN(CC(=O)N(C)N1Cc2ccccc2C1)c1cc2c(cc1C)C(=O)CC2. The van der Waals surface area contributed by atoms with Crippen molar-refractivity contribution in [3.63, 3.8) is 0 Å². The van der Waals surface area contributed by atoms with E-state index in [1.165, 1.54) is 11.1 Å². The van der Waals surface area contributed by atoms with Crippen LogP contribution in [0, 0.1) is 6.92 Å². The number of anilines is 1. The Hall–Kier alpha value is -3.23. The van der Waals surface area contributed by atoms with Gasteiger partial charge in [0.25, 0.3) is 5.91 Å². The van der Waals surface area contributed by atoms with Crippen molar-refractivity contribution >= 4 is 23.3 Å². The van der Waals surface area contributed by atoms with E-state index in [0.717, 1.165) is 28.9 Å². The van der Waals surface area contributed by atoms with Crippen LogP contribution in [0.25, 0.3) is 0 Å². The minimum atomic E-state index is -0.136. The van der Waals surface area contributed by atoms with Gasteiger partial charge in [-0.15, -0.1) is 0 Å². The second kappa shape index (κ2) is 11.0. The van der Waals surface area contributed by atoms with Crippen molar-refractivity contribution in [2.75, 3.05) is 44.7 Å². The van der Waals surface area contributed by atoms with Gasteiger partial charge < -0.3 is 15.5 Å². The predicted molar refractivity (Wildman–Crippen MR) is 136 cm³/mol. The molecular formula is C27H35N5O3. The average Bonchev–Trinajstić information content (AvgIpc) is 3.44. The summed E-state index contributed by atoms with van der Waals surface area (Å²) in [6.07, 6.45) is 1.21. The van der Waals surface area contributed by atoms with Crippen LogP contribution in [0.3, 0.4) is 0 Å². The average molecular weight is 478 g/mol. The van der Waals surface area contributed by atoms with Gasteiger partial charge in [0.05, 0.1) is 13.1 Å². The zero-order valence-electron chi connectivity index (χ0n) is 20.9. The van der Waals surface area contributed by atoms with Crippen molar-refractivity contribution in [1.82, 2.24) is 20.7 Å². The number of carbonyl (C=O) groups is 3. The number of aryl methyl sites for hydroxylation is 2. The summed E-state index contributed by atoms with van der Waals surface area (Å²) in [4.78, 5) is 40.2. The van der Waals surface area contributed by atoms with Gasteiger partial charge in [-0.1, -0.05) is 31.2 Å². The fourth-order valence-electron chi connectivity index (χ4n) is 4.80. The smallest absolute Gasteiger partial charge is 0.256 e. The number of fused-ring (bicyclic) bond motifs is 2. The highest BCUT2D eigenvalue weighted by Crippen LogP contribution is 2.31. The molecule has 186 valence electrons. The molecule has 8 heteroatoms. The van der Waals surface area contributed by atoms with Crippen LogP contribution in [0.1, 0.15) is 46.0 Å². The van der Waals surface area contributed by atoms with Crippen molar-refractivity contribution < 1.29 is 14.4 Å². The molecule has 2 N–H and O–H groups in total. The zero-order valence-corrected chi connectivity index (χ0v) is 20.9. The third kappa shape index (κ3) is 5.71. The monoisotopic (exact) mass is 477 g/mol. The number of amides is 2. The summed E-state index contributed by atoms with van der Waals surface area (Å²) in [5, 5.41) is 9.82. The van der Waals surface area contributed by atoms with Crippen LogP contribution in [0.2, 0.25) is 0 Å². The largest absolute Gasteiger partial charge is 0.353 e. The van der Waals surface area contributed by atoms with E-state index in [0.29, 0.717) is 39.0 Å². The van der Waals surface area contributed by atoms with E-state index in [4.69, 9.17) is 0 Å². The Morgan fingerprint density at radius 1 is 1.00 bits per heavy atom.